The van der Waals surface area contributed by atoms with Gasteiger partial charge in [-0.15, -0.1) is 11.6 Å². The van der Waals surface area contributed by atoms with Crippen molar-refractivity contribution < 1.29 is 28.5 Å². The number of ether oxygens (including phenoxy) is 4. The Hall–Kier alpha value is -0.150. The molecule has 0 aromatic carbocycles. The summed E-state index contributed by atoms with van der Waals surface area (Å²) in [6.07, 6.45) is 39.0. The van der Waals surface area contributed by atoms with E-state index in [9.17, 15) is 9.59 Å². The Balaban J connectivity index is 0.00000391. The van der Waals surface area contributed by atoms with Crippen molar-refractivity contribution >= 4 is 47.1 Å². The number of alkyl halides is 1. The van der Waals surface area contributed by atoms with Crippen LogP contribution in [0.2, 0.25) is 0 Å². The average molecular weight is 900 g/mol. The molecular formula is C51H91ClO6S2. The van der Waals surface area contributed by atoms with Crippen LogP contribution in [0.4, 0.5) is 0 Å². The molecule has 5 rings (SSSR count). The van der Waals surface area contributed by atoms with Crippen molar-refractivity contribution in [3.63, 3.8) is 0 Å². The van der Waals surface area contributed by atoms with Crippen molar-refractivity contribution in [2.45, 2.75) is 250 Å². The zero-order valence-corrected chi connectivity index (χ0v) is 41.2. The summed E-state index contributed by atoms with van der Waals surface area (Å²) in [6.45, 7) is 4.66. The highest BCUT2D eigenvalue weighted by Crippen LogP contribution is 2.37. The predicted molar refractivity (Wildman–Crippen MR) is 256 cm³/mol. The van der Waals surface area contributed by atoms with Crippen LogP contribution < -0.4 is 0 Å². The quantitative estimate of drug-likeness (QED) is 0.0437. The van der Waals surface area contributed by atoms with Crippen LogP contribution in [0, 0.1) is 23.7 Å². The maximum Gasteiger partial charge on any atom is 0.306 e. The lowest BCUT2D eigenvalue weighted by molar-refractivity contribution is -0.179. The normalized spacial score (nSPS) is 24.7. The molecule has 3 unspecified atom stereocenters. The molecule has 0 radical (unpaired) electrons. The van der Waals surface area contributed by atoms with Gasteiger partial charge in [0.15, 0.2) is 5.79 Å². The van der Waals surface area contributed by atoms with Crippen molar-refractivity contribution in [3.8, 4) is 0 Å². The second-order valence-electron chi connectivity index (χ2n) is 19.1. The highest BCUT2D eigenvalue weighted by atomic mass is 35.5. The summed E-state index contributed by atoms with van der Waals surface area (Å²) in [4.78, 5) is 25.9. The molecule has 0 aromatic heterocycles. The molecule has 1 heterocycles. The van der Waals surface area contributed by atoms with Crippen molar-refractivity contribution in [2.75, 3.05) is 35.5 Å². The van der Waals surface area contributed by atoms with Crippen LogP contribution in [-0.2, 0) is 28.5 Å². The first-order chi connectivity index (χ1) is 29.5. The van der Waals surface area contributed by atoms with Gasteiger partial charge in [-0.2, -0.15) is 23.5 Å². The van der Waals surface area contributed by atoms with Gasteiger partial charge in [0.1, 0.15) is 12.2 Å². The fourth-order valence-corrected chi connectivity index (χ4v) is 13.4. The molecule has 5 aliphatic rings. The van der Waals surface area contributed by atoms with Gasteiger partial charge in [0.2, 0.25) is 0 Å². The Morgan fingerprint density at radius 1 is 0.583 bits per heavy atom. The summed E-state index contributed by atoms with van der Waals surface area (Å²) < 4.78 is 25.6. The van der Waals surface area contributed by atoms with E-state index in [1.165, 1.54) is 154 Å². The fourth-order valence-electron chi connectivity index (χ4n) is 10.8. The predicted octanol–water partition coefficient (Wildman–Crippen LogP) is 15.0. The summed E-state index contributed by atoms with van der Waals surface area (Å²) in [6, 6.07) is 0. The molecule has 0 N–H and O–H groups in total. The number of thioether (sulfide) groups is 2. The summed E-state index contributed by atoms with van der Waals surface area (Å²) in [5.41, 5.74) is 0. The molecule has 6 nitrogen and oxygen atoms in total. The Labute approximate surface area is 382 Å². The van der Waals surface area contributed by atoms with E-state index in [-0.39, 0.29) is 30.3 Å². The van der Waals surface area contributed by atoms with E-state index in [4.69, 9.17) is 30.5 Å². The molecule has 1 saturated heterocycles. The van der Waals surface area contributed by atoms with E-state index in [1.807, 2.05) is 37.4 Å². The molecule has 0 bridgehead atoms. The van der Waals surface area contributed by atoms with Gasteiger partial charge >= 0.3 is 11.9 Å². The smallest absolute Gasteiger partial charge is 0.306 e. The molecule has 1 aliphatic heterocycles. The van der Waals surface area contributed by atoms with Gasteiger partial charge in [-0.1, -0.05) is 129 Å². The van der Waals surface area contributed by atoms with Gasteiger partial charge in [-0.3, -0.25) is 9.59 Å². The molecular weight excluding hydrogens is 808 g/mol. The average Bonchev–Trinajstić information content (AvgIpc) is 3.70. The van der Waals surface area contributed by atoms with E-state index in [0.29, 0.717) is 37.2 Å². The lowest BCUT2D eigenvalue weighted by Gasteiger charge is -2.30. The monoisotopic (exact) mass is 899 g/mol. The first kappa shape index (κ1) is 52.5. The summed E-state index contributed by atoms with van der Waals surface area (Å²) in [5, 5.41) is 0. The van der Waals surface area contributed by atoms with Gasteiger partial charge in [-0.25, -0.2) is 0 Å². The van der Waals surface area contributed by atoms with Crippen LogP contribution in [0.3, 0.4) is 0 Å². The zero-order chi connectivity index (χ0) is 42.5. The summed E-state index contributed by atoms with van der Waals surface area (Å²) >= 11 is 10.1. The number of carbonyl (C=O) groups excluding carboxylic acids is 2. The van der Waals surface area contributed by atoms with Gasteiger partial charge in [0.25, 0.3) is 0 Å². The summed E-state index contributed by atoms with van der Waals surface area (Å²) in [5.74, 6) is 6.91. The molecule has 0 aromatic rings. The van der Waals surface area contributed by atoms with E-state index >= 15 is 0 Å². The number of carbonyl (C=O) groups is 2. The Bertz CT molecular complexity index is 1020. The lowest BCUT2D eigenvalue weighted by atomic mass is 9.85. The second-order valence-corrected chi connectivity index (χ2v) is 21.8. The van der Waals surface area contributed by atoms with Crippen molar-refractivity contribution in [3.05, 3.63) is 0 Å². The van der Waals surface area contributed by atoms with E-state index < -0.39 is 5.79 Å². The van der Waals surface area contributed by atoms with Crippen LogP contribution in [0.25, 0.3) is 0 Å². The first-order valence-corrected chi connectivity index (χ1v) is 28.8. The van der Waals surface area contributed by atoms with Gasteiger partial charge in [0, 0.05) is 43.1 Å². The SMILES string of the molecule is CC.O=C(CCC1CCCCC1)OC(CSCCCCCC1(CCCCCSCC(OC(=O)CCC2CCCCC2)C2CCCCC2)OCC(CCCl)O1)C1CCCCC1. The molecule has 9 heteroatoms. The van der Waals surface area contributed by atoms with Crippen molar-refractivity contribution in [2.24, 2.45) is 23.7 Å². The zero-order valence-electron chi connectivity index (χ0n) is 38.8. The minimum Gasteiger partial charge on any atom is -0.461 e. The van der Waals surface area contributed by atoms with Crippen molar-refractivity contribution in [1.29, 1.82) is 0 Å². The fraction of sp³-hybridized carbons (Fsp3) is 0.961. The number of hydrogen-bond donors (Lipinski definition) is 0. The van der Waals surface area contributed by atoms with Gasteiger partial charge < -0.3 is 18.9 Å². The number of unbranched alkanes of at least 4 members (excludes halogenated alkanes) is 4. The molecule has 3 atom stereocenters. The van der Waals surface area contributed by atoms with Crippen LogP contribution in [0.5, 0.6) is 0 Å². The standard InChI is InChI=1S/C49H85ClO6S2.C2H6/c50-34-31-44-37-53-49(56-44,32-15-5-17-35-57-38-45(42-23-11-3-12-24-42)54-47(51)29-27-40-19-7-1-8-20-40)33-16-6-18-36-58-39-46(43-25-13-4-14-26-43)55-48(52)30-28-41-21-9-2-10-22-41;1-2/h40-46H,1-39H2;1-2H3. The Morgan fingerprint density at radius 3 is 1.42 bits per heavy atom. The molecule has 4 aliphatic carbocycles. The number of rotatable bonds is 28. The first-order valence-electron chi connectivity index (χ1n) is 25.9. The minimum absolute atomic E-state index is 0.0517. The van der Waals surface area contributed by atoms with E-state index in [1.54, 1.807) is 0 Å². The van der Waals surface area contributed by atoms with E-state index in [2.05, 4.69) is 0 Å². The molecule has 0 spiro atoms. The molecule has 5 fully saturated rings. The lowest BCUT2D eigenvalue weighted by Crippen LogP contribution is -2.31. The molecule has 350 valence electrons. The van der Waals surface area contributed by atoms with Crippen LogP contribution in [0.1, 0.15) is 226 Å². The largest absolute Gasteiger partial charge is 0.461 e. The Kier molecular flexibility index (Phi) is 28.4. The van der Waals surface area contributed by atoms with Crippen LogP contribution >= 0.6 is 35.1 Å². The Morgan fingerprint density at radius 2 is 1.00 bits per heavy atom. The maximum atomic E-state index is 13.0. The minimum atomic E-state index is -0.465. The third-order valence-corrected chi connectivity index (χ3v) is 17.0. The molecule has 0 amide bonds. The van der Waals surface area contributed by atoms with Crippen LogP contribution in [-0.4, -0.2) is 71.5 Å². The van der Waals surface area contributed by atoms with Crippen LogP contribution in [0.15, 0.2) is 0 Å². The molecule has 4 saturated carbocycles. The summed E-state index contributed by atoms with van der Waals surface area (Å²) in [7, 11) is 0. The number of esters is 2. The van der Waals surface area contributed by atoms with E-state index in [0.717, 1.165) is 79.8 Å². The van der Waals surface area contributed by atoms with Gasteiger partial charge in [0.05, 0.1) is 12.7 Å². The topological polar surface area (TPSA) is 71.1 Å². The maximum absolute atomic E-state index is 13.0. The highest BCUT2D eigenvalue weighted by Gasteiger charge is 2.40. The highest BCUT2D eigenvalue weighted by molar-refractivity contribution is 7.99. The molecule has 60 heavy (non-hydrogen) atoms. The number of hydrogen-bond acceptors (Lipinski definition) is 8. The number of halogens is 1. The second kappa shape index (κ2) is 32.5. The third kappa shape index (κ3) is 21.2. The van der Waals surface area contributed by atoms with Crippen molar-refractivity contribution in [1.82, 2.24) is 0 Å². The van der Waals surface area contributed by atoms with Gasteiger partial charge in [-0.05, 0) is 106 Å². The third-order valence-electron chi connectivity index (χ3n) is 14.5.